The van der Waals surface area contributed by atoms with Gasteiger partial charge in [-0.3, -0.25) is 0 Å². The number of likely N-dealkylation sites (N-methyl/N-ethyl adjacent to an activating group) is 1. The molecule has 1 aromatic rings. The van der Waals surface area contributed by atoms with Crippen molar-refractivity contribution in [2.45, 2.75) is 57.6 Å². The van der Waals surface area contributed by atoms with E-state index in [1.165, 1.54) is 31.4 Å². The van der Waals surface area contributed by atoms with Crippen LogP contribution in [0, 0.1) is 11.6 Å². The molecule has 0 heterocycles. The molecule has 1 aromatic carbocycles. The summed E-state index contributed by atoms with van der Waals surface area (Å²) >= 11 is 0. The average Bonchev–Trinajstić information content (AvgIpc) is 2.39. The number of hydrogen-bond donors (Lipinski definition) is 1. The van der Waals surface area contributed by atoms with Crippen LogP contribution in [0.15, 0.2) is 18.2 Å². The Morgan fingerprint density at radius 3 is 2.60 bits per heavy atom. The van der Waals surface area contributed by atoms with Crippen LogP contribution < -0.4 is 10.1 Å². The average molecular weight is 283 g/mol. The SMILES string of the molecule is CCNC1CCCCCCC1Oc1ccc(F)cc1F. The number of halogens is 2. The van der Waals surface area contributed by atoms with E-state index in [0.717, 1.165) is 31.9 Å². The summed E-state index contributed by atoms with van der Waals surface area (Å²) in [5.74, 6) is -1.04. The highest BCUT2D eigenvalue weighted by atomic mass is 19.1. The molecule has 1 N–H and O–H groups in total. The van der Waals surface area contributed by atoms with E-state index in [1.54, 1.807) is 0 Å². The first kappa shape index (κ1) is 15.2. The van der Waals surface area contributed by atoms with Crippen molar-refractivity contribution in [3.63, 3.8) is 0 Å². The Bertz CT molecular complexity index is 425. The van der Waals surface area contributed by atoms with Crippen LogP contribution in [0.25, 0.3) is 0 Å². The molecule has 0 aromatic heterocycles. The summed E-state index contributed by atoms with van der Waals surface area (Å²) in [4.78, 5) is 0. The van der Waals surface area contributed by atoms with Gasteiger partial charge in [0.1, 0.15) is 11.9 Å². The van der Waals surface area contributed by atoms with Gasteiger partial charge in [0.15, 0.2) is 11.6 Å². The Balaban J connectivity index is 2.09. The minimum Gasteiger partial charge on any atom is -0.486 e. The Kier molecular flexibility index (Phi) is 5.77. The van der Waals surface area contributed by atoms with Crippen molar-refractivity contribution < 1.29 is 13.5 Å². The highest BCUT2D eigenvalue weighted by Gasteiger charge is 2.24. The fourth-order valence-corrected chi connectivity index (χ4v) is 2.82. The van der Waals surface area contributed by atoms with Gasteiger partial charge in [-0.15, -0.1) is 0 Å². The van der Waals surface area contributed by atoms with Crippen LogP contribution in [0.3, 0.4) is 0 Å². The first-order valence-corrected chi connectivity index (χ1v) is 7.55. The summed E-state index contributed by atoms with van der Waals surface area (Å²) < 4.78 is 32.5. The predicted molar refractivity (Wildman–Crippen MR) is 75.9 cm³/mol. The van der Waals surface area contributed by atoms with Gasteiger partial charge in [-0.05, 0) is 37.9 Å². The molecule has 1 saturated carbocycles. The van der Waals surface area contributed by atoms with E-state index < -0.39 is 11.6 Å². The molecular formula is C16H23F2NO. The lowest BCUT2D eigenvalue weighted by Crippen LogP contribution is -2.43. The molecule has 1 fully saturated rings. The molecular weight excluding hydrogens is 260 g/mol. The molecule has 20 heavy (non-hydrogen) atoms. The monoisotopic (exact) mass is 283 g/mol. The van der Waals surface area contributed by atoms with Crippen LogP contribution in [0.4, 0.5) is 8.78 Å². The van der Waals surface area contributed by atoms with Gasteiger partial charge in [0.25, 0.3) is 0 Å². The molecule has 2 unspecified atom stereocenters. The summed E-state index contributed by atoms with van der Waals surface area (Å²) in [6.45, 7) is 2.94. The molecule has 2 rings (SSSR count). The zero-order chi connectivity index (χ0) is 14.4. The second kappa shape index (κ2) is 7.58. The van der Waals surface area contributed by atoms with Crippen LogP contribution in [0.1, 0.15) is 45.4 Å². The largest absolute Gasteiger partial charge is 0.486 e. The van der Waals surface area contributed by atoms with Gasteiger partial charge < -0.3 is 10.1 Å². The molecule has 0 saturated heterocycles. The Morgan fingerprint density at radius 1 is 1.15 bits per heavy atom. The zero-order valence-corrected chi connectivity index (χ0v) is 12.0. The smallest absolute Gasteiger partial charge is 0.167 e. The van der Waals surface area contributed by atoms with Crippen molar-refractivity contribution in [1.82, 2.24) is 5.32 Å². The minimum atomic E-state index is -0.623. The van der Waals surface area contributed by atoms with Gasteiger partial charge >= 0.3 is 0 Å². The molecule has 2 nitrogen and oxygen atoms in total. The number of hydrogen-bond acceptors (Lipinski definition) is 2. The van der Waals surface area contributed by atoms with E-state index in [4.69, 9.17) is 4.74 Å². The van der Waals surface area contributed by atoms with E-state index in [2.05, 4.69) is 12.2 Å². The zero-order valence-electron chi connectivity index (χ0n) is 12.0. The lowest BCUT2D eigenvalue weighted by Gasteiger charge is -2.30. The van der Waals surface area contributed by atoms with Crippen molar-refractivity contribution in [3.8, 4) is 5.75 Å². The quantitative estimate of drug-likeness (QED) is 0.900. The second-order valence-electron chi connectivity index (χ2n) is 5.39. The highest BCUT2D eigenvalue weighted by molar-refractivity contribution is 5.25. The maximum atomic E-state index is 13.7. The van der Waals surface area contributed by atoms with E-state index in [9.17, 15) is 8.78 Å². The molecule has 0 radical (unpaired) electrons. The number of nitrogens with one attached hydrogen (secondary N) is 1. The molecule has 0 amide bonds. The van der Waals surface area contributed by atoms with Crippen molar-refractivity contribution in [1.29, 1.82) is 0 Å². The number of ether oxygens (including phenoxy) is 1. The van der Waals surface area contributed by atoms with Gasteiger partial charge in [-0.1, -0.05) is 26.2 Å². The molecule has 4 heteroatoms. The van der Waals surface area contributed by atoms with E-state index in [0.29, 0.717) is 0 Å². The minimum absolute atomic E-state index is 0.0461. The van der Waals surface area contributed by atoms with Gasteiger partial charge in [0, 0.05) is 12.1 Å². The summed E-state index contributed by atoms with van der Waals surface area (Å²) in [5, 5.41) is 3.43. The molecule has 1 aliphatic carbocycles. The van der Waals surface area contributed by atoms with E-state index in [-0.39, 0.29) is 17.9 Å². The van der Waals surface area contributed by atoms with E-state index in [1.807, 2.05) is 0 Å². The first-order valence-electron chi connectivity index (χ1n) is 7.55. The predicted octanol–water partition coefficient (Wildman–Crippen LogP) is 4.04. The van der Waals surface area contributed by atoms with E-state index >= 15 is 0 Å². The second-order valence-corrected chi connectivity index (χ2v) is 5.39. The summed E-state index contributed by atoms with van der Waals surface area (Å²) in [6, 6.07) is 3.74. The standard InChI is InChI=1S/C16H23F2NO/c1-2-19-14-7-5-3-4-6-8-16(14)20-15-10-9-12(17)11-13(15)18/h9-11,14,16,19H,2-8H2,1H3. The van der Waals surface area contributed by atoms with Crippen molar-refractivity contribution in [2.24, 2.45) is 0 Å². The van der Waals surface area contributed by atoms with Crippen molar-refractivity contribution in [2.75, 3.05) is 6.54 Å². The third kappa shape index (κ3) is 4.17. The molecule has 0 bridgehead atoms. The fraction of sp³-hybridized carbons (Fsp3) is 0.625. The van der Waals surface area contributed by atoms with Gasteiger partial charge in [0.05, 0.1) is 0 Å². The molecule has 112 valence electrons. The van der Waals surface area contributed by atoms with Crippen LogP contribution in [0.2, 0.25) is 0 Å². The number of benzene rings is 1. The molecule has 1 aliphatic rings. The molecule has 0 aliphatic heterocycles. The Hall–Kier alpha value is -1.16. The van der Waals surface area contributed by atoms with Crippen LogP contribution in [-0.4, -0.2) is 18.7 Å². The van der Waals surface area contributed by atoms with Crippen LogP contribution in [0.5, 0.6) is 5.75 Å². The highest BCUT2D eigenvalue weighted by Crippen LogP contribution is 2.25. The maximum Gasteiger partial charge on any atom is 0.167 e. The van der Waals surface area contributed by atoms with Crippen LogP contribution >= 0.6 is 0 Å². The maximum absolute atomic E-state index is 13.7. The number of rotatable bonds is 4. The van der Waals surface area contributed by atoms with Gasteiger partial charge in [-0.25, -0.2) is 8.78 Å². The molecule has 2 atom stereocenters. The summed E-state index contributed by atoms with van der Waals surface area (Å²) in [5.41, 5.74) is 0. The first-order chi connectivity index (χ1) is 9.70. The molecule has 0 spiro atoms. The van der Waals surface area contributed by atoms with Crippen LogP contribution in [-0.2, 0) is 0 Å². The van der Waals surface area contributed by atoms with Crippen molar-refractivity contribution >= 4 is 0 Å². The third-order valence-electron chi connectivity index (χ3n) is 3.84. The normalized spacial score (nSPS) is 23.9. The lowest BCUT2D eigenvalue weighted by atomic mass is 9.94. The van der Waals surface area contributed by atoms with Gasteiger partial charge in [-0.2, -0.15) is 0 Å². The van der Waals surface area contributed by atoms with Gasteiger partial charge in [0.2, 0.25) is 0 Å². The topological polar surface area (TPSA) is 21.3 Å². The third-order valence-corrected chi connectivity index (χ3v) is 3.84. The lowest BCUT2D eigenvalue weighted by molar-refractivity contribution is 0.122. The fourth-order valence-electron chi connectivity index (χ4n) is 2.82. The van der Waals surface area contributed by atoms with Crippen molar-refractivity contribution in [3.05, 3.63) is 29.8 Å². The summed E-state index contributed by atoms with van der Waals surface area (Å²) in [7, 11) is 0. The Labute approximate surface area is 119 Å². The summed E-state index contributed by atoms with van der Waals surface area (Å²) in [6.07, 6.45) is 6.62. The Morgan fingerprint density at radius 2 is 1.90 bits per heavy atom.